The maximum Gasteiger partial charge on any atom is 0.332 e. The molecule has 2 aromatic carbocycles. The molecule has 0 unspecified atom stereocenters. The fourth-order valence-electron chi connectivity index (χ4n) is 3.58. The van der Waals surface area contributed by atoms with E-state index in [0.29, 0.717) is 6.42 Å². The van der Waals surface area contributed by atoms with Crippen LogP contribution in [0.25, 0.3) is 0 Å². The molecule has 0 saturated carbocycles. The van der Waals surface area contributed by atoms with E-state index in [-0.39, 0.29) is 18.1 Å². The molecule has 0 amide bonds. The van der Waals surface area contributed by atoms with Gasteiger partial charge in [0.25, 0.3) is 0 Å². The summed E-state index contributed by atoms with van der Waals surface area (Å²) in [5.41, 5.74) is 1.13. The van der Waals surface area contributed by atoms with Gasteiger partial charge in [-0.25, -0.2) is 4.79 Å². The van der Waals surface area contributed by atoms with Crippen LogP contribution in [0, 0.1) is 0 Å². The molecule has 3 atom stereocenters. The van der Waals surface area contributed by atoms with Gasteiger partial charge in [-0.1, -0.05) is 66.7 Å². The highest BCUT2D eigenvalue weighted by Crippen LogP contribution is 2.43. The summed E-state index contributed by atoms with van der Waals surface area (Å²) in [6.45, 7) is 5.96. The van der Waals surface area contributed by atoms with Crippen LogP contribution in [0.15, 0.2) is 73.3 Å². The third kappa shape index (κ3) is 2.55. The number of nitrogens with zero attached hydrogens (tertiary/aromatic N) is 1. The van der Waals surface area contributed by atoms with Crippen LogP contribution in [0.4, 0.5) is 0 Å². The van der Waals surface area contributed by atoms with E-state index in [1.807, 2.05) is 67.7 Å². The van der Waals surface area contributed by atoms with E-state index in [1.54, 1.807) is 6.08 Å². The Morgan fingerprint density at radius 3 is 2.29 bits per heavy atom. The molecule has 0 aliphatic carbocycles. The molecule has 1 aliphatic heterocycles. The highest BCUT2D eigenvalue weighted by Gasteiger charge is 2.52. The normalized spacial score (nSPS) is 27.5. The van der Waals surface area contributed by atoms with Crippen LogP contribution in [0.3, 0.4) is 0 Å². The second-order valence-corrected chi connectivity index (χ2v) is 6.31. The Labute approximate surface area is 143 Å². The Hall–Kier alpha value is -2.39. The van der Waals surface area contributed by atoms with Crippen molar-refractivity contribution in [3.8, 4) is 0 Å². The molecule has 3 rings (SSSR count). The molecule has 0 aromatic heterocycles. The summed E-state index contributed by atoms with van der Waals surface area (Å²) in [7, 11) is 2.00. The van der Waals surface area contributed by atoms with Gasteiger partial charge >= 0.3 is 5.97 Å². The van der Waals surface area contributed by atoms with Crippen molar-refractivity contribution in [3.05, 3.63) is 84.4 Å². The largest absolute Gasteiger partial charge is 0.454 e. The smallest absolute Gasteiger partial charge is 0.332 e. The molecular formula is C21H23NO2. The number of rotatable bonds is 4. The lowest BCUT2D eigenvalue weighted by Gasteiger charge is -2.49. The van der Waals surface area contributed by atoms with Gasteiger partial charge < -0.3 is 4.74 Å². The summed E-state index contributed by atoms with van der Waals surface area (Å²) in [4.78, 5) is 15.3. The number of ether oxygens (including phenoxy) is 1. The van der Waals surface area contributed by atoms with Crippen LogP contribution in [-0.4, -0.2) is 24.0 Å². The summed E-state index contributed by atoms with van der Waals surface area (Å²) >= 11 is 0. The Bertz CT molecular complexity index is 713. The van der Waals surface area contributed by atoms with Crippen molar-refractivity contribution in [2.45, 2.75) is 31.0 Å². The van der Waals surface area contributed by atoms with Crippen molar-refractivity contribution in [2.75, 3.05) is 7.05 Å². The van der Waals surface area contributed by atoms with Crippen molar-refractivity contribution >= 4 is 5.97 Å². The molecule has 1 fully saturated rings. The molecule has 2 aromatic rings. The number of morpholine rings is 1. The number of benzene rings is 2. The number of carbonyl (C=O) groups is 1. The fraction of sp³-hybridized carbons (Fsp3) is 0.286. The molecule has 3 nitrogen and oxygen atoms in total. The second-order valence-electron chi connectivity index (χ2n) is 6.31. The number of hydrogen-bond donors (Lipinski definition) is 0. The van der Waals surface area contributed by atoms with E-state index >= 15 is 0 Å². The van der Waals surface area contributed by atoms with Crippen LogP contribution in [0.5, 0.6) is 0 Å². The average Bonchev–Trinajstić information content (AvgIpc) is 2.63. The van der Waals surface area contributed by atoms with E-state index < -0.39 is 5.54 Å². The van der Waals surface area contributed by atoms with Gasteiger partial charge in [0.2, 0.25) is 0 Å². The average molecular weight is 321 g/mol. The first-order valence-corrected chi connectivity index (χ1v) is 8.26. The first-order valence-electron chi connectivity index (χ1n) is 8.26. The number of carbonyl (C=O) groups excluding carboxylic acids is 1. The van der Waals surface area contributed by atoms with Gasteiger partial charge in [0.1, 0.15) is 11.6 Å². The van der Waals surface area contributed by atoms with Crippen molar-refractivity contribution in [1.82, 2.24) is 4.90 Å². The van der Waals surface area contributed by atoms with E-state index in [1.165, 1.54) is 0 Å². The van der Waals surface area contributed by atoms with Gasteiger partial charge in [0, 0.05) is 6.04 Å². The van der Waals surface area contributed by atoms with Gasteiger partial charge in [-0.2, -0.15) is 0 Å². The highest BCUT2D eigenvalue weighted by molar-refractivity contribution is 5.84. The zero-order valence-electron chi connectivity index (χ0n) is 14.2. The predicted octanol–water partition coefficient (Wildman–Crippen LogP) is 4.08. The topological polar surface area (TPSA) is 29.5 Å². The van der Waals surface area contributed by atoms with E-state index in [9.17, 15) is 4.79 Å². The molecule has 0 radical (unpaired) electrons. The lowest BCUT2D eigenvalue weighted by atomic mass is 9.81. The van der Waals surface area contributed by atoms with E-state index in [0.717, 1.165) is 11.1 Å². The number of cyclic esters (lactones) is 1. The maximum atomic E-state index is 13.1. The standard InChI is InChI=1S/C21H23NO2/c1-4-15-21(18-13-9-6-10-14-18)20(23)24-19(16(2)22(21)3)17-11-7-5-8-12-17/h4-14,16,19H,1,15H2,2-3H3/t16-,19-,21+/m0/s1. The first-order chi connectivity index (χ1) is 11.6. The van der Waals surface area contributed by atoms with Crippen LogP contribution < -0.4 is 0 Å². The van der Waals surface area contributed by atoms with Crippen LogP contribution >= 0.6 is 0 Å². The molecule has 1 saturated heterocycles. The number of hydrogen-bond acceptors (Lipinski definition) is 3. The van der Waals surface area contributed by atoms with Crippen LogP contribution in [0.1, 0.15) is 30.6 Å². The molecule has 124 valence electrons. The predicted molar refractivity (Wildman–Crippen MR) is 95.4 cm³/mol. The Kier molecular flexibility index (Phi) is 4.54. The summed E-state index contributed by atoms with van der Waals surface area (Å²) in [6, 6.07) is 19.8. The lowest BCUT2D eigenvalue weighted by Crippen LogP contribution is -2.60. The maximum absolute atomic E-state index is 13.1. The molecule has 1 heterocycles. The monoisotopic (exact) mass is 321 g/mol. The van der Waals surface area contributed by atoms with Gasteiger partial charge in [-0.05, 0) is 31.5 Å². The molecule has 24 heavy (non-hydrogen) atoms. The first kappa shape index (κ1) is 16.5. The van der Waals surface area contributed by atoms with Gasteiger partial charge in [0.15, 0.2) is 0 Å². The van der Waals surface area contributed by atoms with Crippen molar-refractivity contribution < 1.29 is 9.53 Å². The van der Waals surface area contributed by atoms with E-state index in [2.05, 4.69) is 18.4 Å². The van der Waals surface area contributed by atoms with Crippen LogP contribution in [-0.2, 0) is 15.1 Å². The number of esters is 1. The third-order valence-electron chi connectivity index (χ3n) is 5.04. The van der Waals surface area contributed by atoms with Crippen LogP contribution in [0.2, 0.25) is 0 Å². The Morgan fingerprint density at radius 2 is 1.71 bits per heavy atom. The highest BCUT2D eigenvalue weighted by atomic mass is 16.6. The van der Waals surface area contributed by atoms with Gasteiger partial charge in [0.05, 0.1) is 0 Å². The third-order valence-corrected chi connectivity index (χ3v) is 5.04. The summed E-state index contributed by atoms with van der Waals surface area (Å²) in [5, 5.41) is 0. The van der Waals surface area contributed by atoms with Crippen molar-refractivity contribution in [2.24, 2.45) is 0 Å². The Balaban J connectivity index is 2.04. The minimum Gasteiger partial charge on any atom is -0.454 e. The van der Waals surface area contributed by atoms with Gasteiger partial charge in [-0.15, -0.1) is 6.58 Å². The summed E-state index contributed by atoms with van der Waals surface area (Å²) < 4.78 is 5.95. The second kappa shape index (κ2) is 6.62. The SMILES string of the molecule is C=CC[C@@]1(c2ccccc2)C(=O)O[C@H](c2ccccc2)[C@H](C)N1C. The Morgan fingerprint density at radius 1 is 1.12 bits per heavy atom. The molecular weight excluding hydrogens is 298 g/mol. The molecule has 3 heteroatoms. The molecule has 0 spiro atoms. The summed E-state index contributed by atoms with van der Waals surface area (Å²) in [5.74, 6) is -0.219. The fourth-order valence-corrected chi connectivity index (χ4v) is 3.58. The lowest BCUT2D eigenvalue weighted by molar-refractivity contribution is -0.187. The van der Waals surface area contributed by atoms with Gasteiger partial charge in [-0.3, -0.25) is 4.90 Å². The number of likely N-dealkylation sites (N-methyl/N-ethyl adjacent to an activating group) is 1. The van der Waals surface area contributed by atoms with E-state index in [4.69, 9.17) is 4.74 Å². The minimum atomic E-state index is -0.826. The van der Waals surface area contributed by atoms with Crippen molar-refractivity contribution in [1.29, 1.82) is 0 Å². The molecule has 1 aliphatic rings. The summed E-state index contributed by atoms with van der Waals surface area (Å²) in [6.07, 6.45) is 2.03. The minimum absolute atomic E-state index is 0.0465. The molecule has 0 N–H and O–H groups in total. The zero-order valence-corrected chi connectivity index (χ0v) is 14.2. The molecule has 0 bridgehead atoms. The quantitative estimate of drug-likeness (QED) is 0.628. The zero-order chi connectivity index (χ0) is 17.2. The van der Waals surface area contributed by atoms with Crippen molar-refractivity contribution in [3.63, 3.8) is 0 Å².